The number of carbonyl (C=O) groups excluding carboxylic acids is 1. The number of hydrogen-bond donors (Lipinski definition) is 0. The van der Waals surface area contributed by atoms with E-state index in [2.05, 4.69) is 4.74 Å². The average Bonchev–Trinajstić information content (AvgIpc) is 2.19. The van der Waals surface area contributed by atoms with Crippen LogP contribution in [0.3, 0.4) is 0 Å². The smallest absolute Gasteiger partial charge is 0.306 e. The van der Waals surface area contributed by atoms with Crippen LogP contribution in [0.4, 0.5) is 0 Å². The van der Waals surface area contributed by atoms with Crippen molar-refractivity contribution in [1.82, 2.24) is 0 Å². The molecule has 0 aromatic heterocycles. The zero-order valence-electron chi connectivity index (χ0n) is 7.95. The van der Waals surface area contributed by atoms with E-state index >= 15 is 0 Å². The molecule has 1 saturated heterocycles. The van der Waals surface area contributed by atoms with Gasteiger partial charge < -0.3 is 9.47 Å². The molecule has 1 atom stereocenters. The number of esters is 1. The lowest BCUT2D eigenvalue weighted by atomic mass is 10.2. The van der Waals surface area contributed by atoms with E-state index in [0.29, 0.717) is 11.9 Å². The fourth-order valence-electron chi connectivity index (χ4n) is 1.22. The highest BCUT2D eigenvalue weighted by molar-refractivity contribution is 7.99. The minimum Gasteiger partial charge on any atom is -0.469 e. The van der Waals surface area contributed by atoms with Crippen LogP contribution in [-0.4, -0.2) is 30.9 Å². The van der Waals surface area contributed by atoms with Gasteiger partial charge in [-0.15, -0.1) is 11.8 Å². The van der Waals surface area contributed by atoms with Crippen LogP contribution in [0, 0.1) is 0 Å². The maximum atomic E-state index is 10.8. The lowest BCUT2D eigenvalue weighted by Gasteiger charge is -2.21. The summed E-state index contributed by atoms with van der Waals surface area (Å²) in [5, 5.41) is 0. The Morgan fingerprint density at radius 3 is 3.08 bits per heavy atom. The van der Waals surface area contributed by atoms with Gasteiger partial charge in [0.15, 0.2) is 0 Å². The molecule has 0 radical (unpaired) electrons. The fourth-order valence-corrected chi connectivity index (χ4v) is 2.29. The van der Waals surface area contributed by atoms with Crippen molar-refractivity contribution in [3.63, 3.8) is 0 Å². The maximum absolute atomic E-state index is 10.8. The molecule has 0 spiro atoms. The highest BCUT2D eigenvalue weighted by Crippen LogP contribution is 2.23. The van der Waals surface area contributed by atoms with E-state index in [1.165, 1.54) is 20.0 Å². The highest BCUT2D eigenvalue weighted by atomic mass is 32.2. The summed E-state index contributed by atoms with van der Waals surface area (Å²) in [6.07, 6.45) is 4.02. The van der Waals surface area contributed by atoms with Crippen LogP contribution in [0.1, 0.15) is 25.7 Å². The summed E-state index contributed by atoms with van der Waals surface area (Å²) >= 11 is 1.72. The lowest BCUT2D eigenvalue weighted by Crippen LogP contribution is -2.16. The molecule has 0 aliphatic carbocycles. The Morgan fingerprint density at radius 2 is 2.46 bits per heavy atom. The van der Waals surface area contributed by atoms with Crippen molar-refractivity contribution in [2.75, 3.05) is 19.5 Å². The molecule has 1 fully saturated rings. The van der Waals surface area contributed by atoms with Crippen LogP contribution in [0.2, 0.25) is 0 Å². The second-order valence-electron chi connectivity index (χ2n) is 2.99. The third-order valence-corrected chi connectivity index (χ3v) is 3.16. The van der Waals surface area contributed by atoms with Crippen molar-refractivity contribution in [2.24, 2.45) is 0 Å². The summed E-state index contributed by atoms with van der Waals surface area (Å²) in [6, 6.07) is 0. The van der Waals surface area contributed by atoms with Crippen molar-refractivity contribution in [2.45, 2.75) is 31.1 Å². The van der Waals surface area contributed by atoms with E-state index in [9.17, 15) is 4.79 Å². The van der Waals surface area contributed by atoms with Gasteiger partial charge in [0.1, 0.15) is 5.44 Å². The van der Waals surface area contributed by atoms with Gasteiger partial charge in [0.2, 0.25) is 0 Å². The monoisotopic (exact) mass is 204 g/mol. The molecule has 0 amide bonds. The maximum Gasteiger partial charge on any atom is 0.306 e. The van der Waals surface area contributed by atoms with Crippen LogP contribution in [0.25, 0.3) is 0 Å². The van der Waals surface area contributed by atoms with Crippen LogP contribution >= 0.6 is 11.8 Å². The topological polar surface area (TPSA) is 35.5 Å². The van der Waals surface area contributed by atoms with Crippen LogP contribution < -0.4 is 0 Å². The summed E-state index contributed by atoms with van der Waals surface area (Å²) in [5.41, 5.74) is 0.304. The summed E-state index contributed by atoms with van der Waals surface area (Å²) in [4.78, 5) is 10.8. The minimum atomic E-state index is -0.136. The Kier molecular flexibility index (Phi) is 5.23. The molecule has 1 heterocycles. The Balaban J connectivity index is 2.01. The lowest BCUT2D eigenvalue weighted by molar-refractivity contribution is -0.140. The van der Waals surface area contributed by atoms with E-state index in [0.717, 1.165) is 18.8 Å². The van der Waals surface area contributed by atoms with Crippen molar-refractivity contribution in [3.8, 4) is 0 Å². The molecular weight excluding hydrogens is 188 g/mol. The van der Waals surface area contributed by atoms with Gasteiger partial charge in [0.25, 0.3) is 0 Å². The molecule has 4 heteroatoms. The first-order chi connectivity index (χ1) is 6.33. The summed E-state index contributed by atoms with van der Waals surface area (Å²) in [5.74, 6) is 0.667. The van der Waals surface area contributed by atoms with E-state index in [4.69, 9.17) is 4.74 Å². The molecule has 0 aromatic carbocycles. The standard InChI is InChI=1S/C9H16O3S/c1-11-8(10)5-7-13-9-4-2-3-6-12-9/h9H,2-7H2,1H3. The number of rotatable bonds is 4. The highest BCUT2D eigenvalue weighted by Gasteiger charge is 2.14. The zero-order chi connectivity index (χ0) is 9.52. The number of methoxy groups -OCH3 is 1. The molecule has 13 heavy (non-hydrogen) atoms. The van der Waals surface area contributed by atoms with Gasteiger partial charge >= 0.3 is 5.97 Å². The van der Waals surface area contributed by atoms with E-state index in [-0.39, 0.29) is 5.97 Å². The Morgan fingerprint density at radius 1 is 1.62 bits per heavy atom. The summed E-state index contributed by atoms with van der Waals surface area (Å²) in [7, 11) is 1.42. The van der Waals surface area contributed by atoms with Gasteiger partial charge in [-0.3, -0.25) is 4.79 Å². The first-order valence-electron chi connectivity index (χ1n) is 4.63. The van der Waals surface area contributed by atoms with Crippen LogP contribution in [0.15, 0.2) is 0 Å². The third kappa shape index (κ3) is 4.52. The quantitative estimate of drug-likeness (QED) is 0.654. The number of carbonyl (C=O) groups is 1. The SMILES string of the molecule is COC(=O)CCSC1CCCCO1. The molecular formula is C9H16O3S. The number of ether oxygens (including phenoxy) is 2. The van der Waals surface area contributed by atoms with Crippen LogP contribution in [0.5, 0.6) is 0 Å². The Labute approximate surface area is 83.2 Å². The van der Waals surface area contributed by atoms with Gasteiger partial charge in [-0.25, -0.2) is 0 Å². The fraction of sp³-hybridized carbons (Fsp3) is 0.889. The molecule has 76 valence electrons. The first kappa shape index (κ1) is 10.9. The normalized spacial score (nSPS) is 22.7. The molecule has 1 aliphatic heterocycles. The van der Waals surface area contributed by atoms with Gasteiger partial charge in [0, 0.05) is 12.4 Å². The summed E-state index contributed by atoms with van der Waals surface area (Å²) < 4.78 is 10.1. The predicted molar refractivity (Wildman–Crippen MR) is 52.7 cm³/mol. The minimum absolute atomic E-state index is 0.136. The molecule has 1 unspecified atom stereocenters. The van der Waals surface area contributed by atoms with E-state index < -0.39 is 0 Å². The predicted octanol–water partition coefficient (Wildman–Crippen LogP) is 1.81. The molecule has 0 aromatic rings. The van der Waals surface area contributed by atoms with Crippen molar-refractivity contribution >= 4 is 17.7 Å². The Bertz CT molecular complexity index is 155. The molecule has 0 N–H and O–H groups in total. The summed E-state index contributed by atoms with van der Waals surface area (Å²) in [6.45, 7) is 0.871. The third-order valence-electron chi connectivity index (χ3n) is 1.98. The second-order valence-corrected chi connectivity index (χ2v) is 4.26. The first-order valence-corrected chi connectivity index (χ1v) is 5.68. The average molecular weight is 204 g/mol. The van der Waals surface area contributed by atoms with Crippen molar-refractivity contribution in [1.29, 1.82) is 0 Å². The van der Waals surface area contributed by atoms with Crippen LogP contribution in [-0.2, 0) is 14.3 Å². The van der Waals surface area contributed by atoms with Crippen molar-refractivity contribution in [3.05, 3.63) is 0 Å². The second kappa shape index (κ2) is 6.27. The molecule has 0 saturated carbocycles. The number of thioether (sulfide) groups is 1. The molecule has 3 nitrogen and oxygen atoms in total. The molecule has 1 rings (SSSR count). The van der Waals surface area contributed by atoms with E-state index in [1.807, 2.05) is 0 Å². The Hall–Kier alpha value is -0.220. The molecule has 0 bridgehead atoms. The van der Waals surface area contributed by atoms with E-state index in [1.54, 1.807) is 11.8 Å². The van der Waals surface area contributed by atoms with Gasteiger partial charge in [-0.1, -0.05) is 0 Å². The van der Waals surface area contributed by atoms with Gasteiger partial charge in [0.05, 0.1) is 13.5 Å². The van der Waals surface area contributed by atoms with Gasteiger partial charge in [-0.05, 0) is 19.3 Å². The molecule has 1 aliphatic rings. The largest absolute Gasteiger partial charge is 0.469 e. The number of hydrogen-bond acceptors (Lipinski definition) is 4. The van der Waals surface area contributed by atoms with Crippen molar-refractivity contribution < 1.29 is 14.3 Å². The zero-order valence-corrected chi connectivity index (χ0v) is 8.77. The van der Waals surface area contributed by atoms with Gasteiger partial charge in [-0.2, -0.15) is 0 Å².